The SMILES string of the molecule is CC(C)n1nccc1NC(=O)CN1CCCC1CCCO. The van der Waals surface area contributed by atoms with Crippen LogP contribution in [0.25, 0.3) is 0 Å². The van der Waals surface area contributed by atoms with Crippen molar-refractivity contribution in [2.75, 3.05) is 25.0 Å². The molecule has 0 aliphatic carbocycles. The first-order chi connectivity index (χ1) is 10.1. The molecule has 2 heterocycles. The Morgan fingerprint density at radius 1 is 1.57 bits per heavy atom. The maximum absolute atomic E-state index is 12.2. The van der Waals surface area contributed by atoms with Gasteiger partial charge in [0.1, 0.15) is 5.82 Å². The molecular weight excluding hydrogens is 268 g/mol. The molecule has 1 atom stereocenters. The lowest BCUT2D eigenvalue weighted by atomic mass is 10.1. The summed E-state index contributed by atoms with van der Waals surface area (Å²) in [5.74, 6) is 0.759. The Kier molecular flexibility index (Phi) is 5.76. The fourth-order valence-corrected chi connectivity index (χ4v) is 2.95. The van der Waals surface area contributed by atoms with Crippen LogP contribution in [0.4, 0.5) is 5.82 Å². The summed E-state index contributed by atoms with van der Waals surface area (Å²) in [5, 5.41) is 16.1. The van der Waals surface area contributed by atoms with Crippen molar-refractivity contribution >= 4 is 11.7 Å². The van der Waals surface area contributed by atoms with Gasteiger partial charge in [0, 0.05) is 24.8 Å². The third-order valence-electron chi connectivity index (χ3n) is 3.97. The van der Waals surface area contributed by atoms with Gasteiger partial charge in [0.25, 0.3) is 0 Å². The molecule has 0 bridgehead atoms. The fourth-order valence-electron chi connectivity index (χ4n) is 2.95. The lowest BCUT2D eigenvalue weighted by Gasteiger charge is -2.23. The number of amides is 1. The number of aromatic nitrogens is 2. The number of aliphatic hydroxyl groups excluding tert-OH is 1. The molecule has 2 rings (SSSR count). The first-order valence-electron chi connectivity index (χ1n) is 7.80. The van der Waals surface area contributed by atoms with Gasteiger partial charge in [-0.2, -0.15) is 5.10 Å². The van der Waals surface area contributed by atoms with Gasteiger partial charge in [0.2, 0.25) is 5.91 Å². The molecule has 0 spiro atoms. The number of hydrogen-bond donors (Lipinski definition) is 2. The summed E-state index contributed by atoms with van der Waals surface area (Å²) in [6.45, 7) is 5.68. The summed E-state index contributed by atoms with van der Waals surface area (Å²) in [7, 11) is 0. The summed E-state index contributed by atoms with van der Waals surface area (Å²) in [5.41, 5.74) is 0. The zero-order valence-corrected chi connectivity index (χ0v) is 13.0. The molecule has 6 nitrogen and oxygen atoms in total. The Morgan fingerprint density at radius 2 is 2.38 bits per heavy atom. The number of carbonyl (C=O) groups is 1. The molecule has 21 heavy (non-hydrogen) atoms. The van der Waals surface area contributed by atoms with E-state index in [4.69, 9.17) is 5.11 Å². The van der Waals surface area contributed by atoms with Crippen LogP contribution in [0.1, 0.15) is 45.6 Å². The molecule has 1 aromatic rings. The second-order valence-electron chi connectivity index (χ2n) is 5.94. The molecule has 0 saturated carbocycles. The minimum Gasteiger partial charge on any atom is -0.396 e. The summed E-state index contributed by atoms with van der Waals surface area (Å²) < 4.78 is 1.81. The third kappa shape index (κ3) is 4.28. The van der Waals surface area contributed by atoms with E-state index in [-0.39, 0.29) is 18.6 Å². The Morgan fingerprint density at radius 3 is 3.10 bits per heavy atom. The van der Waals surface area contributed by atoms with Crippen LogP contribution >= 0.6 is 0 Å². The van der Waals surface area contributed by atoms with Crippen LogP contribution in [-0.2, 0) is 4.79 Å². The van der Waals surface area contributed by atoms with Crippen molar-refractivity contribution in [1.29, 1.82) is 0 Å². The second-order valence-corrected chi connectivity index (χ2v) is 5.94. The number of aliphatic hydroxyl groups is 1. The first kappa shape index (κ1) is 16.0. The maximum Gasteiger partial charge on any atom is 0.239 e. The number of rotatable bonds is 7. The van der Waals surface area contributed by atoms with Crippen LogP contribution in [0.5, 0.6) is 0 Å². The predicted molar refractivity (Wildman–Crippen MR) is 82.2 cm³/mol. The van der Waals surface area contributed by atoms with E-state index < -0.39 is 0 Å². The summed E-state index contributed by atoms with van der Waals surface area (Å²) in [6.07, 6.45) is 5.73. The van der Waals surface area contributed by atoms with Gasteiger partial charge in [-0.15, -0.1) is 0 Å². The summed E-state index contributed by atoms with van der Waals surface area (Å²) in [6, 6.07) is 2.47. The first-order valence-corrected chi connectivity index (χ1v) is 7.80. The van der Waals surface area contributed by atoms with Gasteiger partial charge in [-0.3, -0.25) is 9.69 Å². The van der Waals surface area contributed by atoms with Crippen molar-refractivity contribution in [2.24, 2.45) is 0 Å². The number of nitrogens with one attached hydrogen (secondary N) is 1. The van der Waals surface area contributed by atoms with Crippen molar-refractivity contribution in [2.45, 2.75) is 51.6 Å². The normalized spacial score (nSPS) is 19.3. The van der Waals surface area contributed by atoms with E-state index in [0.717, 1.165) is 38.0 Å². The summed E-state index contributed by atoms with van der Waals surface area (Å²) in [4.78, 5) is 14.4. The van der Waals surface area contributed by atoms with Crippen LogP contribution < -0.4 is 5.32 Å². The van der Waals surface area contributed by atoms with E-state index in [1.54, 1.807) is 6.20 Å². The van der Waals surface area contributed by atoms with Gasteiger partial charge < -0.3 is 10.4 Å². The number of carbonyl (C=O) groups excluding carboxylic acids is 1. The molecule has 1 aliphatic rings. The molecule has 1 amide bonds. The molecule has 6 heteroatoms. The quantitative estimate of drug-likeness (QED) is 0.802. The van der Waals surface area contributed by atoms with E-state index in [9.17, 15) is 4.79 Å². The van der Waals surface area contributed by atoms with Gasteiger partial charge in [-0.25, -0.2) is 4.68 Å². The van der Waals surface area contributed by atoms with Crippen molar-refractivity contribution in [1.82, 2.24) is 14.7 Å². The van der Waals surface area contributed by atoms with Crippen molar-refractivity contribution in [3.05, 3.63) is 12.3 Å². The minimum absolute atomic E-state index is 0.00768. The van der Waals surface area contributed by atoms with E-state index in [0.29, 0.717) is 12.6 Å². The Bertz CT molecular complexity index is 458. The molecule has 1 unspecified atom stereocenters. The van der Waals surface area contributed by atoms with E-state index in [1.807, 2.05) is 24.6 Å². The summed E-state index contributed by atoms with van der Waals surface area (Å²) >= 11 is 0. The zero-order chi connectivity index (χ0) is 15.2. The lowest BCUT2D eigenvalue weighted by molar-refractivity contribution is -0.117. The topological polar surface area (TPSA) is 70.4 Å². The number of likely N-dealkylation sites (tertiary alicyclic amines) is 1. The molecule has 1 fully saturated rings. The Balaban J connectivity index is 1.87. The van der Waals surface area contributed by atoms with E-state index in [1.165, 1.54) is 0 Å². The van der Waals surface area contributed by atoms with Crippen LogP contribution in [0.2, 0.25) is 0 Å². The standard InChI is InChI=1S/C15H26N4O2/c1-12(2)19-14(7-8-16-19)17-15(21)11-18-9-3-5-13(18)6-4-10-20/h7-8,12-13,20H,3-6,9-11H2,1-2H3,(H,17,21). The monoisotopic (exact) mass is 294 g/mol. The highest BCUT2D eigenvalue weighted by Crippen LogP contribution is 2.21. The molecule has 0 radical (unpaired) electrons. The molecule has 1 aliphatic heterocycles. The smallest absolute Gasteiger partial charge is 0.239 e. The van der Waals surface area contributed by atoms with E-state index in [2.05, 4.69) is 15.3 Å². The van der Waals surface area contributed by atoms with E-state index >= 15 is 0 Å². The third-order valence-corrected chi connectivity index (χ3v) is 3.97. The fraction of sp³-hybridized carbons (Fsp3) is 0.733. The number of nitrogens with zero attached hydrogens (tertiary/aromatic N) is 3. The van der Waals surface area contributed by atoms with Crippen LogP contribution in [0.3, 0.4) is 0 Å². The highest BCUT2D eigenvalue weighted by Gasteiger charge is 2.25. The Hall–Kier alpha value is -1.40. The van der Waals surface area contributed by atoms with Gasteiger partial charge in [0.05, 0.1) is 12.7 Å². The molecule has 0 aromatic carbocycles. The van der Waals surface area contributed by atoms with Crippen LogP contribution in [0.15, 0.2) is 12.3 Å². The van der Waals surface area contributed by atoms with Crippen molar-refractivity contribution in [3.63, 3.8) is 0 Å². The number of hydrogen-bond acceptors (Lipinski definition) is 4. The van der Waals surface area contributed by atoms with Crippen molar-refractivity contribution in [3.8, 4) is 0 Å². The second kappa shape index (κ2) is 7.56. The molecule has 2 N–H and O–H groups in total. The molecule has 1 saturated heterocycles. The highest BCUT2D eigenvalue weighted by molar-refractivity contribution is 5.91. The lowest BCUT2D eigenvalue weighted by Crippen LogP contribution is -2.37. The van der Waals surface area contributed by atoms with Gasteiger partial charge in [-0.1, -0.05) is 0 Å². The van der Waals surface area contributed by atoms with Gasteiger partial charge in [0.15, 0.2) is 0 Å². The van der Waals surface area contributed by atoms with Crippen LogP contribution in [0, 0.1) is 0 Å². The highest BCUT2D eigenvalue weighted by atomic mass is 16.3. The van der Waals surface area contributed by atoms with Crippen molar-refractivity contribution < 1.29 is 9.90 Å². The largest absolute Gasteiger partial charge is 0.396 e. The zero-order valence-electron chi connectivity index (χ0n) is 13.0. The maximum atomic E-state index is 12.2. The minimum atomic E-state index is 0.00768. The van der Waals surface area contributed by atoms with Crippen LogP contribution in [-0.4, -0.2) is 51.4 Å². The predicted octanol–water partition coefficient (Wildman–Crippen LogP) is 1.64. The van der Waals surface area contributed by atoms with Gasteiger partial charge in [-0.05, 0) is 46.1 Å². The number of anilines is 1. The molecule has 1 aromatic heterocycles. The molecule has 118 valence electrons. The van der Waals surface area contributed by atoms with Gasteiger partial charge >= 0.3 is 0 Å². The average Bonchev–Trinajstić information content (AvgIpc) is 3.05. The Labute approximate surface area is 126 Å². The molecular formula is C15H26N4O2. The average molecular weight is 294 g/mol.